The van der Waals surface area contributed by atoms with Gasteiger partial charge in [-0.25, -0.2) is 8.42 Å². The second-order valence-corrected chi connectivity index (χ2v) is 11.4. The maximum Gasteiger partial charge on any atom is 0.244 e. The molecule has 1 N–H and O–H groups in total. The standard InChI is InChI=1S/C27H39N3O5S/c1-8-25(27(32)28-20(4)5)29(17-21-10-9-11-24(16-21)35-6)26(31)18-30(36(7,33)34)23-14-12-22(13-15-23)19(2)3/h9-16,19-20,25H,8,17-18H2,1-7H3,(H,28,32)/t25-/m1/s1. The van der Waals surface area contributed by atoms with Gasteiger partial charge < -0.3 is 15.0 Å². The zero-order valence-corrected chi connectivity index (χ0v) is 23.1. The summed E-state index contributed by atoms with van der Waals surface area (Å²) in [4.78, 5) is 28.2. The van der Waals surface area contributed by atoms with Crippen molar-refractivity contribution in [1.29, 1.82) is 0 Å². The number of nitrogens with one attached hydrogen (secondary N) is 1. The van der Waals surface area contributed by atoms with Gasteiger partial charge in [0.25, 0.3) is 0 Å². The van der Waals surface area contributed by atoms with E-state index in [4.69, 9.17) is 4.74 Å². The van der Waals surface area contributed by atoms with Crippen molar-refractivity contribution in [1.82, 2.24) is 10.2 Å². The summed E-state index contributed by atoms with van der Waals surface area (Å²) >= 11 is 0. The van der Waals surface area contributed by atoms with E-state index in [0.29, 0.717) is 17.9 Å². The summed E-state index contributed by atoms with van der Waals surface area (Å²) < 4.78 is 31.9. The Kier molecular flexibility index (Phi) is 10.3. The van der Waals surface area contributed by atoms with Crippen molar-refractivity contribution in [2.75, 3.05) is 24.2 Å². The number of benzene rings is 2. The molecule has 0 unspecified atom stereocenters. The van der Waals surface area contributed by atoms with Crippen molar-refractivity contribution < 1.29 is 22.7 Å². The zero-order chi connectivity index (χ0) is 27.0. The fourth-order valence-electron chi connectivity index (χ4n) is 3.91. The van der Waals surface area contributed by atoms with Gasteiger partial charge in [-0.3, -0.25) is 13.9 Å². The molecule has 0 aliphatic rings. The average molecular weight is 518 g/mol. The SMILES string of the molecule is CC[C@H](C(=O)NC(C)C)N(Cc1cccc(OC)c1)C(=O)CN(c1ccc(C(C)C)cc1)S(C)(=O)=O. The van der Waals surface area contributed by atoms with Crippen LogP contribution in [0.25, 0.3) is 0 Å². The van der Waals surface area contributed by atoms with Gasteiger partial charge >= 0.3 is 0 Å². The average Bonchev–Trinajstić information content (AvgIpc) is 2.81. The lowest BCUT2D eigenvalue weighted by Crippen LogP contribution is -2.53. The van der Waals surface area contributed by atoms with Crippen molar-refractivity contribution in [3.05, 3.63) is 59.7 Å². The monoisotopic (exact) mass is 517 g/mol. The Hall–Kier alpha value is -3.07. The molecule has 0 saturated carbocycles. The molecule has 1 atom stereocenters. The third-order valence-corrected chi connectivity index (χ3v) is 6.97. The van der Waals surface area contributed by atoms with Crippen molar-refractivity contribution in [3.8, 4) is 5.75 Å². The van der Waals surface area contributed by atoms with E-state index < -0.39 is 28.5 Å². The maximum absolute atomic E-state index is 13.7. The molecule has 0 bridgehead atoms. The summed E-state index contributed by atoms with van der Waals surface area (Å²) in [7, 11) is -2.21. The van der Waals surface area contributed by atoms with E-state index in [-0.39, 0.29) is 24.4 Å². The highest BCUT2D eigenvalue weighted by molar-refractivity contribution is 7.92. The van der Waals surface area contributed by atoms with E-state index in [1.807, 2.05) is 45.0 Å². The first-order chi connectivity index (χ1) is 16.9. The molecule has 2 aromatic rings. The van der Waals surface area contributed by atoms with E-state index in [1.54, 1.807) is 31.4 Å². The van der Waals surface area contributed by atoms with E-state index in [0.717, 1.165) is 21.7 Å². The molecule has 0 spiro atoms. The van der Waals surface area contributed by atoms with Gasteiger partial charge in [-0.15, -0.1) is 0 Å². The van der Waals surface area contributed by atoms with Crippen molar-refractivity contribution >= 4 is 27.5 Å². The number of carbonyl (C=O) groups excluding carboxylic acids is 2. The quantitative estimate of drug-likeness (QED) is 0.460. The molecule has 0 saturated heterocycles. The van der Waals surface area contributed by atoms with Gasteiger partial charge in [0.2, 0.25) is 21.8 Å². The molecule has 8 nitrogen and oxygen atoms in total. The topological polar surface area (TPSA) is 96.0 Å². The predicted molar refractivity (Wildman–Crippen MR) is 144 cm³/mol. The van der Waals surface area contributed by atoms with Crippen molar-refractivity contribution in [3.63, 3.8) is 0 Å². The number of hydrogen-bond donors (Lipinski definition) is 1. The molecule has 0 aliphatic carbocycles. The minimum atomic E-state index is -3.77. The Bertz CT molecular complexity index is 1130. The van der Waals surface area contributed by atoms with Crippen molar-refractivity contribution in [2.45, 2.75) is 65.6 Å². The van der Waals surface area contributed by atoms with Crippen LogP contribution < -0.4 is 14.4 Å². The van der Waals surface area contributed by atoms with E-state index in [2.05, 4.69) is 19.2 Å². The molecule has 0 aliphatic heterocycles. The fraction of sp³-hybridized carbons (Fsp3) is 0.481. The van der Waals surface area contributed by atoms with Crippen LogP contribution in [0.15, 0.2) is 48.5 Å². The van der Waals surface area contributed by atoms with Crippen molar-refractivity contribution in [2.24, 2.45) is 0 Å². The molecule has 36 heavy (non-hydrogen) atoms. The van der Waals surface area contributed by atoms with Crippen LogP contribution in [0.3, 0.4) is 0 Å². The van der Waals surface area contributed by atoms with Crippen LogP contribution in [-0.4, -0.2) is 57.1 Å². The first kappa shape index (κ1) is 29.2. The van der Waals surface area contributed by atoms with Gasteiger partial charge in [-0.2, -0.15) is 0 Å². The molecule has 198 valence electrons. The normalized spacial score (nSPS) is 12.4. The van der Waals surface area contributed by atoms with Crippen LogP contribution in [-0.2, 0) is 26.2 Å². The number of hydrogen-bond acceptors (Lipinski definition) is 5. The lowest BCUT2D eigenvalue weighted by Gasteiger charge is -2.33. The van der Waals surface area contributed by atoms with Crippen LogP contribution >= 0.6 is 0 Å². The third-order valence-electron chi connectivity index (χ3n) is 5.83. The molecular weight excluding hydrogens is 478 g/mol. The van der Waals surface area contributed by atoms with Crippen LogP contribution in [0.1, 0.15) is 58.1 Å². The molecule has 2 rings (SSSR count). The summed E-state index contributed by atoms with van der Waals surface area (Å²) in [6.07, 6.45) is 1.45. The van der Waals surface area contributed by atoms with E-state index in [9.17, 15) is 18.0 Å². The number of ether oxygens (including phenoxy) is 1. The molecule has 0 heterocycles. The van der Waals surface area contributed by atoms with Gasteiger partial charge in [0.05, 0.1) is 19.1 Å². The second-order valence-electron chi connectivity index (χ2n) is 9.48. The highest BCUT2D eigenvalue weighted by atomic mass is 32.2. The van der Waals surface area contributed by atoms with Gasteiger partial charge in [0.1, 0.15) is 18.3 Å². The number of methoxy groups -OCH3 is 1. The summed E-state index contributed by atoms with van der Waals surface area (Å²) in [5, 5.41) is 2.88. The summed E-state index contributed by atoms with van der Waals surface area (Å²) in [6.45, 7) is 9.34. The lowest BCUT2D eigenvalue weighted by molar-refractivity contribution is -0.140. The fourth-order valence-corrected chi connectivity index (χ4v) is 4.76. The minimum absolute atomic E-state index is 0.104. The third kappa shape index (κ3) is 7.98. The summed E-state index contributed by atoms with van der Waals surface area (Å²) in [5.41, 5.74) is 2.23. The Labute approximate surface area is 215 Å². The lowest BCUT2D eigenvalue weighted by atomic mass is 10.0. The molecule has 0 fully saturated rings. The molecular formula is C27H39N3O5S. The minimum Gasteiger partial charge on any atom is -0.497 e. The van der Waals surface area contributed by atoms with Gasteiger partial charge in [-0.1, -0.05) is 45.0 Å². The molecule has 0 radical (unpaired) electrons. The van der Waals surface area contributed by atoms with E-state index >= 15 is 0 Å². The number of carbonyl (C=O) groups is 2. The van der Waals surface area contributed by atoms with Gasteiger partial charge in [0.15, 0.2) is 0 Å². The smallest absolute Gasteiger partial charge is 0.244 e. The number of nitrogens with zero attached hydrogens (tertiary/aromatic N) is 2. The number of amides is 2. The largest absolute Gasteiger partial charge is 0.497 e. The van der Waals surface area contributed by atoms with Gasteiger partial charge in [-0.05, 0) is 61.6 Å². The zero-order valence-electron chi connectivity index (χ0n) is 22.3. The Morgan fingerprint density at radius 3 is 2.17 bits per heavy atom. The molecule has 2 aromatic carbocycles. The van der Waals surface area contributed by atoms with Crippen LogP contribution in [0.2, 0.25) is 0 Å². The number of rotatable bonds is 12. The molecule has 9 heteroatoms. The summed E-state index contributed by atoms with van der Waals surface area (Å²) in [6, 6.07) is 13.5. The van der Waals surface area contributed by atoms with Crippen LogP contribution in [0.4, 0.5) is 5.69 Å². The maximum atomic E-state index is 13.7. The Balaban J connectivity index is 2.45. The Morgan fingerprint density at radius 2 is 1.67 bits per heavy atom. The number of sulfonamides is 1. The van der Waals surface area contributed by atoms with Crippen LogP contribution in [0.5, 0.6) is 5.75 Å². The molecule has 2 amide bonds. The highest BCUT2D eigenvalue weighted by Gasteiger charge is 2.32. The molecule has 0 aromatic heterocycles. The first-order valence-corrected chi connectivity index (χ1v) is 14.0. The second kappa shape index (κ2) is 12.8. The first-order valence-electron chi connectivity index (χ1n) is 12.2. The van der Waals surface area contributed by atoms with Gasteiger partial charge in [0, 0.05) is 12.6 Å². The van der Waals surface area contributed by atoms with E-state index in [1.165, 1.54) is 4.90 Å². The highest BCUT2D eigenvalue weighted by Crippen LogP contribution is 2.23. The number of anilines is 1. The van der Waals surface area contributed by atoms with Crippen LogP contribution in [0, 0.1) is 0 Å². The predicted octanol–water partition coefficient (Wildman–Crippen LogP) is 3.92. The Morgan fingerprint density at radius 1 is 1.03 bits per heavy atom. The summed E-state index contributed by atoms with van der Waals surface area (Å²) in [5.74, 6) is 0.163.